The van der Waals surface area contributed by atoms with Crippen molar-refractivity contribution in [1.82, 2.24) is 14.8 Å². The maximum Gasteiger partial charge on any atom is 0.267 e. The second kappa shape index (κ2) is 6.87. The molecule has 0 radical (unpaired) electrons. The molecule has 0 unspecified atom stereocenters. The Labute approximate surface area is 138 Å². The third kappa shape index (κ3) is 3.73. The molecule has 0 aliphatic carbocycles. The van der Waals surface area contributed by atoms with Gasteiger partial charge in [-0.2, -0.15) is 5.10 Å². The van der Waals surface area contributed by atoms with Gasteiger partial charge in [-0.25, -0.2) is 4.68 Å². The zero-order valence-electron chi connectivity index (χ0n) is 13.1. The molecule has 2 aromatic heterocycles. The summed E-state index contributed by atoms with van der Waals surface area (Å²) in [5, 5.41) is 6.99. The molecule has 6 heteroatoms. The SMILES string of the molecule is Cc1ccc(NC(=O)Cn2nc(-c3cccnc3)ccc2=O)cc1. The van der Waals surface area contributed by atoms with Gasteiger partial charge in [-0.05, 0) is 37.3 Å². The van der Waals surface area contributed by atoms with Gasteiger partial charge in [0.2, 0.25) is 5.91 Å². The summed E-state index contributed by atoms with van der Waals surface area (Å²) in [5.74, 6) is -0.309. The van der Waals surface area contributed by atoms with E-state index in [4.69, 9.17) is 0 Å². The lowest BCUT2D eigenvalue weighted by Gasteiger charge is -2.08. The van der Waals surface area contributed by atoms with Crippen LogP contribution >= 0.6 is 0 Å². The Morgan fingerprint density at radius 2 is 1.92 bits per heavy atom. The van der Waals surface area contributed by atoms with E-state index in [1.807, 2.05) is 37.3 Å². The van der Waals surface area contributed by atoms with Gasteiger partial charge in [0, 0.05) is 29.7 Å². The monoisotopic (exact) mass is 320 g/mol. The number of aromatic nitrogens is 3. The molecule has 0 atom stereocenters. The smallest absolute Gasteiger partial charge is 0.267 e. The van der Waals surface area contributed by atoms with Gasteiger partial charge in [-0.15, -0.1) is 0 Å². The van der Waals surface area contributed by atoms with Crippen LogP contribution in [0, 0.1) is 6.92 Å². The van der Waals surface area contributed by atoms with E-state index in [0.29, 0.717) is 11.4 Å². The van der Waals surface area contributed by atoms with Crippen LogP contribution in [0.25, 0.3) is 11.3 Å². The summed E-state index contributed by atoms with van der Waals surface area (Å²) < 4.78 is 1.14. The number of anilines is 1. The molecule has 0 bridgehead atoms. The van der Waals surface area contributed by atoms with Crippen LogP contribution in [0.4, 0.5) is 5.69 Å². The van der Waals surface area contributed by atoms with E-state index in [9.17, 15) is 9.59 Å². The minimum absolute atomic E-state index is 0.152. The molecule has 120 valence electrons. The van der Waals surface area contributed by atoms with Crippen molar-refractivity contribution in [3.05, 3.63) is 76.8 Å². The first-order valence-corrected chi connectivity index (χ1v) is 7.47. The van der Waals surface area contributed by atoms with E-state index in [0.717, 1.165) is 15.8 Å². The number of hydrogen-bond acceptors (Lipinski definition) is 4. The fourth-order valence-electron chi connectivity index (χ4n) is 2.20. The van der Waals surface area contributed by atoms with E-state index in [1.165, 1.54) is 6.07 Å². The fourth-order valence-corrected chi connectivity index (χ4v) is 2.20. The number of aryl methyl sites for hydroxylation is 1. The average molecular weight is 320 g/mol. The molecular formula is C18H16N4O2. The van der Waals surface area contributed by atoms with Gasteiger partial charge in [0.25, 0.3) is 5.56 Å². The van der Waals surface area contributed by atoms with Crippen molar-refractivity contribution in [3.8, 4) is 11.3 Å². The summed E-state index contributed by atoms with van der Waals surface area (Å²) in [5.41, 5.74) is 2.83. The minimum Gasteiger partial charge on any atom is -0.324 e. The van der Waals surface area contributed by atoms with Crippen LogP contribution in [0.15, 0.2) is 65.7 Å². The molecule has 24 heavy (non-hydrogen) atoms. The predicted octanol–water partition coefficient (Wildman–Crippen LogP) is 2.25. The van der Waals surface area contributed by atoms with Crippen LogP contribution in [0.5, 0.6) is 0 Å². The number of hydrogen-bond donors (Lipinski definition) is 1. The average Bonchev–Trinajstić information content (AvgIpc) is 2.60. The second-order valence-electron chi connectivity index (χ2n) is 5.37. The van der Waals surface area contributed by atoms with Crippen molar-refractivity contribution in [2.45, 2.75) is 13.5 Å². The Morgan fingerprint density at radius 1 is 1.12 bits per heavy atom. The van der Waals surface area contributed by atoms with E-state index in [-0.39, 0.29) is 18.0 Å². The number of carbonyl (C=O) groups is 1. The van der Waals surface area contributed by atoms with Gasteiger partial charge >= 0.3 is 0 Å². The molecule has 0 aliphatic rings. The van der Waals surface area contributed by atoms with Crippen molar-refractivity contribution in [3.63, 3.8) is 0 Å². The first-order valence-electron chi connectivity index (χ1n) is 7.47. The lowest BCUT2D eigenvalue weighted by atomic mass is 10.2. The highest BCUT2D eigenvalue weighted by Gasteiger charge is 2.08. The molecule has 1 aromatic carbocycles. The maximum absolute atomic E-state index is 12.1. The van der Waals surface area contributed by atoms with Gasteiger partial charge in [-0.3, -0.25) is 14.6 Å². The molecule has 0 spiro atoms. The lowest BCUT2D eigenvalue weighted by molar-refractivity contribution is -0.117. The van der Waals surface area contributed by atoms with Crippen LogP contribution in [-0.4, -0.2) is 20.7 Å². The number of nitrogens with zero attached hydrogens (tertiary/aromatic N) is 3. The summed E-state index contributed by atoms with van der Waals surface area (Å²) >= 11 is 0. The molecule has 3 rings (SSSR count). The highest BCUT2D eigenvalue weighted by atomic mass is 16.2. The number of rotatable bonds is 4. The molecule has 1 N–H and O–H groups in total. The minimum atomic E-state index is -0.332. The normalized spacial score (nSPS) is 10.4. The van der Waals surface area contributed by atoms with E-state index in [2.05, 4.69) is 15.4 Å². The number of benzene rings is 1. The predicted molar refractivity (Wildman–Crippen MR) is 91.5 cm³/mol. The lowest BCUT2D eigenvalue weighted by Crippen LogP contribution is -2.29. The summed E-state index contributed by atoms with van der Waals surface area (Å²) in [6, 6.07) is 14.1. The molecule has 1 amide bonds. The highest BCUT2D eigenvalue weighted by Crippen LogP contribution is 2.13. The maximum atomic E-state index is 12.1. The molecule has 6 nitrogen and oxygen atoms in total. The topological polar surface area (TPSA) is 76.9 Å². The van der Waals surface area contributed by atoms with E-state index in [1.54, 1.807) is 24.5 Å². The van der Waals surface area contributed by atoms with Crippen molar-refractivity contribution in [2.75, 3.05) is 5.32 Å². The van der Waals surface area contributed by atoms with Crippen LogP contribution < -0.4 is 10.9 Å². The van der Waals surface area contributed by atoms with Gasteiger partial charge in [0.1, 0.15) is 6.54 Å². The molecular weight excluding hydrogens is 304 g/mol. The third-order valence-corrected chi connectivity index (χ3v) is 3.45. The second-order valence-corrected chi connectivity index (χ2v) is 5.37. The number of pyridine rings is 1. The zero-order valence-corrected chi connectivity index (χ0v) is 13.1. The Kier molecular flexibility index (Phi) is 4.47. The number of amides is 1. The van der Waals surface area contributed by atoms with Gasteiger partial charge in [-0.1, -0.05) is 17.7 Å². The Bertz CT molecular complexity index is 902. The molecule has 0 aliphatic heterocycles. The Balaban J connectivity index is 1.78. The zero-order chi connectivity index (χ0) is 16.9. The Hall–Kier alpha value is -3.28. The van der Waals surface area contributed by atoms with Crippen molar-refractivity contribution < 1.29 is 4.79 Å². The summed E-state index contributed by atoms with van der Waals surface area (Å²) in [6.07, 6.45) is 3.32. The number of nitrogens with one attached hydrogen (secondary N) is 1. The molecule has 0 saturated carbocycles. The quantitative estimate of drug-likeness (QED) is 0.800. The number of carbonyl (C=O) groups excluding carboxylic acids is 1. The van der Waals surface area contributed by atoms with Crippen LogP contribution in [0.3, 0.4) is 0 Å². The van der Waals surface area contributed by atoms with E-state index >= 15 is 0 Å². The highest BCUT2D eigenvalue weighted by molar-refractivity contribution is 5.90. The largest absolute Gasteiger partial charge is 0.324 e. The van der Waals surface area contributed by atoms with Crippen LogP contribution in [0.2, 0.25) is 0 Å². The van der Waals surface area contributed by atoms with Gasteiger partial charge in [0.15, 0.2) is 0 Å². The first-order chi connectivity index (χ1) is 11.6. The molecule has 0 saturated heterocycles. The van der Waals surface area contributed by atoms with E-state index < -0.39 is 0 Å². The van der Waals surface area contributed by atoms with Crippen LogP contribution in [0.1, 0.15) is 5.56 Å². The van der Waals surface area contributed by atoms with Crippen molar-refractivity contribution >= 4 is 11.6 Å². The summed E-state index contributed by atoms with van der Waals surface area (Å²) in [7, 11) is 0. The van der Waals surface area contributed by atoms with Crippen molar-refractivity contribution in [1.29, 1.82) is 0 Å². The third-order valence-electron chi connectivity index (χ3n) is 3.45. The molecule has 2 heterocycles. The standard InChI is InChI=1S/C18H16N4O2/c1-13-4-6-15(7-5-13)20-17(23)12-22-18(24)9-8-16(21-22)14-3-2-10-19-11-14/h2-11H,12H2,1H3,(H,20,23). The molecule has 0 fully saturated rings. The van der Waals surface area contributed by atoms with Gasteiger partial charge in [0.05, 0.1) is 5.69 Å². The Morgan fingerprint density at radius 3 is 2.62 bits per heavy atom. The molecule has 3 aromatic rings. The van der Waals surface area contributed by atoms with Crippen molar-refractivity contribution in [2.24, 2.45) is 0 Å². The van der Waals surface area contributed by atoms with Crippen LogP contribution in [-0.2, 0) is 11.3 Å². The fraction of sp³-hybridized carbons (Fsp3) is 0.111. The first kappa shape index (κ1) is 15.6. The summed E-state index contributed by atoms with van der Waals surface area (Å²) in [4.78, 5) is 28.1. The summed E-state index contributed by atoms with van der Waals surface area (Å²) in [6.45, 7) is 1.82. The van der Waals surface area contributed by atoms with Gasteiger partial charge < -0.3 is 5.32 Å².